The first-order valence-electron chi connectivity index (χ1n) is 7.21. The Morgan fingerprint density at radius 1 is 0.818 bits per heavy atom. The van der Waals surface area contributed by atoms with Crippen LogP contribution in [0, 0.1) is 13.8 Å². The summed E-state index contributed by atoms with van der Waals surface area (Å²) in [6.07, 6.45) is 1.51. The number of amides is 2. The van der Waals surface area contributed by atoms with Crippen LogP contribution in [0.4, 0.5) is 0 Å². The van der Waals surface area contributed by atoms with E-state index in [4.69, 9.17) is 8.83 Å². The number of carbonyl (C=O) groups excluding carboxylic acids is 2. The molecule has 0 aliphatic carbocycles. The van der Waals surface area contributed by atoms with Crippen LogP contribution in [-0.2, 0) is 22.4 Å². The van der Waals surface area contributed by atoms with Gasteiger partial charge in [0, 0.05) is 25.7 Å². The van der Waals surface area contributed by atoms with E-state index in [0.29, 0.717) is 12.8 Å². The summed E-state index contributed by atoms with van der Waals surface area (Å²) in [5.74, 6) is 2.64. The summed E-state index contributed by atoms with van der Waals surface area (Å²) in [7, 11) is 0. The molecule has 0 aromatic carbocycles. The van der Waals surface area contributed by atoms with Crippen molar-refractivity contribution in [3.05, 3.63) is 47.3 Å². The Morgan fingerprint density at radius 2 is 1.23 bits per heavy atom. The van der Waals surface area contributed by atoms with Crippen LogP contribution in [0.5, 0.6) is 0 Å². The molecule has 6 nitrogen and oxygen atoms in total. The maximum atomic E-state index is 11.6. The Labute approximate surface area is 128 Å². The highest BCUT2D eigenvalue weighted by Crippen LogP contribution is 2.09. The summed E-state index contributed by atoms with van der Waals surface area (Å²) >= 11 is 0. The van der Waals surface area contributed by atoms with Crippen LogP contribution >= 0.6 is 0 Å². The van der Waals surface area contributed by atoms with Crippen molar-refractivity contribution in [2.75, 3.05) is 0 Å². The van der Waals surface area contributed by atoms with Gasteiger partial charge in [-0.15, -0.1) is 0 Å². The van der Waals surface area contributed by atoms with Crippen LogP contribution in [0.1, 0.15) is 35.9 Å². The molecule has 0 saturated heterocycles. The molecule has 0 atom stereocenters. The van der Waals surface area contributed by atoms with Crippen molar-refractivity contribution < 1.29 is 18.4 Å². The van der Waals surface area contributed by atoms with Gasteiger partial charge in [0.25, 0.3) is 0 Å². The van der Waals surface area contributed by atoms with Gasteiger partial charge in [-0.2, -0.15) is 0 Å². The van der Waals surface area contributed by atoms with Crippen molar-refractivity contribution in [3.8, 4) is 0 Å². The number of nitrogens with one attached hydrogen (secondary N) is 2. The predicted octanol–water partition coefficient (Wildman–Crippen LogP) is 2.20. The molecule has 0 aliphatic rings. The first kappa shape index (κ1) is 15.9. The van der Waals surface area contributed by atoms with E-state index in [-0.39, 0.29) is 24.7 Å². The topological polar surface area (TPSA) is 84.5 Å². The van der Waals surface area contributed by atoms with E-state index < -0.39 is 0 Å². The fourth-order valence-electron chi connectivity index (χ4n) is 1.98. The van der Waals surface area contributed by atoms with Gasteiger partial charge in [0.2, 0.25) is 11.8 Å². The number of carbonyl (C=O) groups is 2. The molecular weight excluding hydrogens is 284 g/mol. The molecule has 0 fully saturated rings. The van der Waals surface area contributed by atoms with Crippen LogP contribution in [-0.4, -0.2) is 11.8 Å². The Kier molecular flexibility index (Phi) is 5.41. The van der Waals surface area contributed by atoms with Crippen molar-refractivity contribution in [3.63, 3.8) is 0 Å². The highest BCUT2D eigenvalue weighted by atomic mass is 16.3. The largest absolute Gasteiger partial charge is 0.466 e. The lowest BCUT2D eigenvalue weighted by atomic mass is 10.2. The molecule has 6 heteroatoms. The summed E-state index contributed by atoms with van der Waals surface area (Å²) in [6, 6.07) is 7.38. The molecule has 2 amide bonds. The van der Waals surface area contributed by atoms with E-state index in [1.165, 1.54) is 0 Å². The molecule has 118 valence electrons. The SMILES string of the molecule is Cc1ccc(CCC(=O)NNC(=O)CCc2ccc(C)o2)o1. The number of hydrogen-bond acceptors (Lipinski definition) is 4. The zero-order chi connectivity index (χ0) is 15.9. The standard InChI is InChI=1S/C16H20N2O4/c1-11-3-5-13(21-11)7-9-15(19)17-18-16(20)10-8-14-6-4-12(2)22-14/h3-6H,7-10H2,1-2H3,(H,17,19)(H,18,20). The van der Waals surface area contributed by atoms with Crippen LogP contribution < -0.4 is 10.9 Å². The van der Waals surface area contributed by atoms with Gasteiger partial charge in [0.1, 0.15) is 23.0 Å². The lowest BCUT2D eigenvalue weighted by Crippen LogP contribution is -2.41. The molecule has 0 unspecified atom stereocenters. The van der Waals surface area contributed by atoms with Crippen LogP contribution in [0.15, 0.2) is 33.1 Å². The Bertz CT molecular complexity index is 586. The molecule has 2 heterocycles. The fourth-order valence-corrected chi connectivity index (χ4v) is 1.98. The lowest BCUT2D eigenvalue weighted by Gasteiger charge is -2.06. The second-order valence-corrected chi connectivity index (χ2v) is 5.12. The molecule has 2 N–H and O–H groups in total. The molecule has 22 heavy (non-hydrogen) atoms. The van der Waals surface area contributed by atoms with E-state index in [1.54, 1.807) is 0 Å². The van der Waals surface area contributed by atoms with Crippen molar-refractivity contribution in [1.82, 2.24) is 10.9 Å². The fraction of sp³-hybridized carbons (Fsp3) is 0.375. The maximum Gasteiger partial charge on any atom is 0.238 e. The smallest absolute Gasteiger partial charge is 0.238 e. The van der Waals surface area contributed by atoms with Gasteiger partial charge in [-0.25, -0.2) is 0 Å². The second kappa shape index (κ2) is 7.49. The highest BCUT2D eigenvalue weighted by molar-refractivity contribution is 5.82. The van der Waals surface area contributed by atoms with Crippen LogP contribution in [0.3, 0.4) is 0 Å². The maximum absolute atomic E-state index is 11.6. The number of rotatable bonds is 6. The minimum Gasteiger partial charge on any atom is -0.466 e. The third-order valence-electron chi connectivity index (χ3n) is 3.13. The van der Waals surface area contributed by atoms with Gasteiger partial charge in [-0.3, -0.25) is 20.4 Å². The van der Waals surface area contributed by atoms with E-state index in [2.05, 4.69) is 10.9 Å². The average Bonchev–Trinajstić information content (AvgIpc) is 3.09. The summed E-state index contributed by atoms with van der Waals surface area (Å²) in [5.41, 5.74) is 4.78. The molecule has 0 radical (unpaired) electrons. The average molecular weight is 304 g/mol. The normalized spacial score (nSPS) is 10.5. The van der Waals surface area contributed by atoms with Crippen molar-refractivity contribution in [2.24, 2.45) is 0 Å². The summed E-state index contributed by atoms with van der Waals surface area (Å²) < 4.78 is 10.7. The first-order valence-corrected chi connectivity index (χ1v) is 7.21. The van der Waals surface area contributed by atoms with Crippen molar-refractivity contribution in [1.29, 1.82) is 0 Å². The van der Waals surface area contributed by atoms with Crippen LogP contribution in [0.2, 0.25) is 0 Å². The van der Waals surface area contributed by atoms with Gasteiger partial charge in [0.05, 0.1) is 0 Å². The van der Waals surface area contributed by atoms with E-state index in [1.807, 2.05) is 38.1 Å². The number of furan rings is 2. The molecule has 0 spiro atoms. The summed E-state index contributed by atoms with van der Waals surface area (Å²) in [6.45, 7) is 3.70. The molecule has 2 rings (SSSR count). The van der Waals surface area contributed by atoms with E-state index in [0.717, 1.165) is 23.0 Å². The minimum absolute atomic E-state index is 0.253. The van der Waals surface area contributed by atoms with Crippen molar-refractivity contribution in [2.45, 2.75) is 39.5 Å². The second-order valence-electron chi connectivity index (χ2n) is 5.12. The molecule has 0 aliphatic heterocycles. The number of hydrogen-bond donors (Lipinski definition) is 2. The molecular formula is C16H20N2O4. The summed E-state index contributed by atoms with van der Waals surface area (Å²) in [5, 5.41) is 0. The molecule has 0 bridgehead atoms. The number of hydrazine groups is 1. The van der Waals surface area contributed by atoms with E-state index in [9.17, 15) is 9.59 Å². The highest BCUT2D eigenvalue weighted by Gasteiger charge is 2.08. The first-order chi connectivity index (χ1) is 10.5. The third-order valence-corrected chi connectivity index (χ3v) is 3.13. The van der Waals surface area contributed by atoms with Gasteiger partial charge >= 0.3 is 0 Å². The lowest BCUT2D eigenvalue weighted by molar-refractivity contribution is -0.128. The Balaban J connectivity index is 1.62. The third kappa shape index (κ3) is 5.12. The Hall–Kier alpha value is -2.50. The molecule has 0 saturated carbocycles. The summed E-state index contributed by atoms with van der Waals surface area (Å²) in [4.78, 5) is 23.2. The zero-order valence-corrected chi connectivity index (χ0v) is 12.8. The van der Waals surface area contributed by atoms with Crippen molar-refractivity contribution >= 4 is 11.8 Å². The quantitative estimate of drug-likeness (QED) is 0.801. The van der Waals surface area contributed by atoms with Gasteiger partial charge < -0.3 is 8.83 Å². The van der Waals surface area contributed by atoms with Gasteiger partial charge in [0.15, 0.2) is 0 Å². The molecule has 2 aromatic rings. The van der Waals surface area contributed by atoms with Gasteiger partial charge in [-0.05, 0) is 38.1 Å². The monoisotopic (exact) mass is 304 g/mol. The van der Waals surface area contributed by atoms with Crippen LogP contribution in [0.25, 0.3) is 0 Å². The Morgan fingerprint density at radius 3 is 1.55 bits per heavy atom. The zero-order valence-electron chi connectivity index (χ0n) is 12.8. The van der Waals surface area contributed by atoms with E-state index >= 15 is 0 Å². The van der Waals surface area contributed by atoms with Gasteiger partial charge in [-0.1, -0.05) is 0 Å². The number of aryl methyl sites for hydroxylation is 4. The predicted molar refractivity (Wildman–Crippen MR) is 79.8 cm³/mol. The molecule has 2 aromatic heterocycles. The minimum atomic E-state index is -0.253.